The van der Waals surface area contributed by atoms with Crippen molar-refractivity contribution in [2.24, 2.45) is 0 Å². The topological polar surface area (TPSA) is 43.4 Å². The summed E-state index contributed by atoms with van der Waals surface area (Å²) in [5.41, 5.74) is 0. The lowest BCUT2D eigenvalue weighted by molar-refractivity contribution is 0.413. The van der Waals surface area contributed by atoms with E-state index in [1.165, 1.54) is 25.3 Å². The van der Waals surface area contributed by atoms with Crippen LogP contribution >= 0.6 is 11.6 Å². The van der Waals surface area contributed by atoms with Crippen LogP contribution in [0.5, 0.6) is 5.75 Å². The molecule has 1 rings (SSSR count). The first-order valence-corrected chi connectivity index (χ1v) is 4.68. The van der Waals surface area contributed by atoms with Crippen molar-refractivity contribution in [2.45, 2.75) is 4.90 Å². The van der Waals surface area contributed by atoms with Gasteiger partial charge in [0, 0.05) is 6.07 Å². The Morgan fingerprint density at radius 2 is 2.08 bits per heavy atom. The molecule has 0 atom stereocenters. The largest absolute Gasteiger partial charge is 0.495 e. The first-order chi connectivity index (χ1) is 5.65. The summed E-state index contributed by atoms with van der Waals surface area (Å²) >= 11 is 5.68. The SMILES string of the molecule is COc1cc([SH](=O)=O)ccc1Cl. The smallest absolute Gasteiger partial charge is 0.168 e. The molecule has 0 bridgehead atoms. The van der Waals surface area contributed by atoms with Gasteiger partial charge in [0.05, 0.1) is 17.0 Å². The van der Waals surface area contributed by atoms with E-state index in [1.54, 1.807) is 0 Å². The monoisotopic (exact) mass is 206 g/mol. The van der Waals surface area contributed by atoms with E-state index in [1.807, 2.05) is 0 Å². The van der Waals surface area contributed by atoms with Crippen molar-refractivity contribution in [3.8, 4) is 5.75 Å². The Morgan fingerprint density at radius 3 is 2.58 bits per heavy atom. The van der Waals surface area contributed by atoms with E-state index in [4.69, 9.17) is 16.3 Å². The summed E-state index contributed by atoms with van der Waals surface area (Å²) in [4.78, 5) is 0.200. The third kappa shape index (κ3) is 1.89. The zero-order valence-electron chi connectivity index (χ0n) is 6.28. The van der Waals surface area contributed by atoms with Crippen LogP contribution in [0.3, 0.4) is 0 Å². The molecule has 0 heterocycles. The molecule has 12 heavy (non-hydrogen) atoms. The Labute approximate surface area is 76.9 Å². The maximum absolute atomic E-state index is 10.5. The van der Waals surface area contributed by atoms with Crippen LogP contribution in [0.25, 0.3) is 0 Å². The minimum absolute atomic E-state index is 0.200. The van der Waals surface area contributed by atoms with Crippen molar-refractivity contribution >= 4 is 22.3 Å². The average Bonchev–Trinajstić information content (AvgIpc) is 2.05. The molecule has 0 saturated heterocycles. The molecule has 1 aromatic carbocycles. The van der Waals surface area contributed by atoms with Crippen LogP contribution < -0.4 is 4.74 Å². The highest BCUT2D eigenvalue weighted by Gasteiger charge is 2.02. The van der Waals surface area contributed by atoms with E-state index in [-0.39, 0.29) is 4.90 Å². The van der Waals surface area contributed by atoms with Gasteiger partial charge in [-0.15, -0.1) is 0 Å². The molecule has 0 spiro atoms. The predicted molar refractivity (Wildman–Crippen MR) is 46.6 cm³/mol. The molecule has 0 N–H and O–H groups in total. The van der Waals surface area contributed by atoms with Gasteiger partial charge < -0.3 is 4.74 Å². The second-order valence-corrected chi connectivity index (χ2v) is 3.51. The maximum Gasteiger partial charge on any atom is 0.168 e. The fraction of sp³-hybridized carbons (Fsp3) is 0.143. The van der Waals surface area contributed by atoms with Crippen LogP contribution in [0, 0.1) is 0 Å². The van der Waals surface area contributed by atoms with Crippen LogP contribution in [0.2, 0.25) is 5.02 Å². The Morgan fingerprint density at radius 1 is 1.42 bits per heavy atom. The highest BCUT2D eigenvalue weighted by molar-refractivity contribution is 7.72. The average molecular weight is 207 g/mol. The van der Waals surface area contributed by atoms with E-state index >= 15 is 0 Å². The minimum Gasteiger partial charge on any atom is -0.495 e. The quantitative estimate of drug-likeness (QED) is 0.743. The molecule has 3 nitrogen and oxygen atoms in total. The number of hydrogen-bond acceptors (Lipinski definition) is 3. The van der Waals surface area contributed by atoms with Gasteiger partial charge >= 0.3 is 0 Å². The fourth-order valence-electron chi connectivity index (χ4n) is 0.762. The predicted octanol–water partition coefficient (Wildman–Crippen LogP) is 1.32. The molecule has 0 radical (unpaired) electrons. The molecule has 1 aromatic rings. The normalized spacial score (nSPS) is 10.2. The summed E-state index contributed by atoms with van der Waals surface area (Å²) in [7, 11) is -1.14. The summed E-state index contributed by atoms with van der Waals surface area (Å²) in [5, 5.41) is 0.401. The van der Waals surface area contributed by atoms with Crippen LogP contribution in [0.4, 0.5) is 0 Å². The molecule has 0 amide bonds. The lowest BCUT2D eigenvalue weighted by Gasteiger charge is -2.01. The van der Waals surface area contributed by atoms with Gasteiger partial charge in [-0.3, -0.25) is 0 Å². The van der Waals surface area contributed by atoms with Crippen molar-refractivity contribution in [2.75, 3.05) is 7.11 Å². The van der Waals surface area contributed by atoms with Gasteiger partial charge in [0.2, 0.25) is 0 Å². The van der Waals surface area contributed by atoms with Gasteiger partial charge in [-0.1, -0.05) is 11.6 Å². The van der Waals surface area contributed by atoms with Gasteiger partial charge in [0.1, 0.15) is 5.75 Å². The summed E-state index contributed by atoms with van der Waals surface area (Å²) in [5.74, 6) is 0.369. The van der Waals surface area contributed by atoms with Crippen molar-refractivity contribution in [3.05, 3.63) is 23.2 Å². The molecule has 0 unspecified atom stereocenters. The van der Waals surface area contributed by atoms with Crippen LogP contribution in [-0.2, 0) is 10.7 Å². The zero-order chi connectivity index (χ0) is 9.14. The van der Waals surface area contributed by atoms with Crippen LogP contribution in [0.1, 0.15) is 0 Å². The first-order valence-electron chi connectivity index (χ1n) is 3.13. The molecule has 0 aliphatic rings. The highest BCUT2D eigenvalue weighted by Crippen LogP contribution is 2.25. The zero-order valence-corrected chi connectivity index (χ0v) is 7.93. The molecule has 0 aromatic heterocycles. The van der Waals surface area contributed by atoms with Gasteiger partial charge in [0.15, 0.2) is 10.7 Å². The number of benzene rings is 1. The van der Waals surface area contributed by atoms with Crippen molar-refractivity contribution in [3.63, 3.8) is 0 Å². The third-order valence-corrected chi connectivity index (χ3v) is 2.36. The Kier molecular flexibility index (Phi) is 2.94. The number of ether oxygens (including phenoxy) is 1. The minimum atomic E-state index is -2.57. The van der Waals surface area contributed by atoms with Crippen LogP contribution in [0.15, 0.2) is 23.1 Å². The number of hydrogen-bond donors (Lipinski definition) is 1. The van der Waals surface area contributed by atoms with Gasteiger partial charge in [-0.2, -0.15) is 0 Å². The molecule has 0 aliphatic carbocycles. The standard InChI is InChI=1S/C7H7ClO3S/c1-11-7-4-5(12(9)10)2-3-6(7)8/h2-4,12H,1H3. The lowest BCUT2D eigenvalue weighted by Crippen LogP contribution is -1.86. The summed E-state index contributed by atoms with van der Waals surface area (Å²) in [6, 6.07) is 4.30. The molecule has 66 valence electrons. The molecular formula is C7H7ClO3S. The van der Waals surface area contributed by atoms with Gasteiger partial charge in [0.25, 0.3) is 0 Å². The Balaban J connectivity index is 3.22. The number of methoxy groups -OCH3 is 1. The summed E-state index contributed by atoms with van der Waals surface area (Å²) in [6.45, 7) is 0. The van der Waals surface area contributed by atoms with Crippen molar-refractivity contribution in [1.29, 1.82) is 0 Å². The number of thiol groups is 1. The van der Waals surface area contributed by atoms with E-state index in [2.05, 4.69) is 0 Å². The highest BCUT2D eigenvalue weighted by atomic mass is 35.5. The van der Waals surface area contributed by atoms with E-state index < -0.39 is 10.7 Å². The first kappa shape index (κ1) is 9.35. The summed E-state index contributed by atoms with van der Waals surface area (Å²) in [6.07, 6.45) is 0. The molecule has 5 heteroatoms. The Hall–Kier alpha value is -0.740. The van der Waals surface area contributed by atoms with Crippen molar-refractivity contribution < 1.29 is 13.2 Å². The summed E-state index contributed by atoms with van der Waals surface area (Å²) < 4.78 is 25.9. The van der Waals surface area contributed by atoms with Crippen molar-refractivity contribution in [1.82, 2.24) is 0 Å². The molecular weight excluding hydrogens is 200 g/mol. The number of rotatable bonds is 2. The molecule has 0 saturated carbocycles. The second kappa shape index (κ2) is 3.78. The van der Waals surface area contributed by atoms with Gasteiger partial charge in [-0.25, -0.2) is 8.42 Å². The molecule has 0 fully saturated rings. The maximum atomic E-state index is 10.5. The van der Waals surface area contributed by atoms with Gasteiger partial charge in [-0.05, 0) is 12.1 Å². The van der Waals surface area contributed by atoms with Crippen LogP contribution in [-0.4, -0.2) is 15.5 Å². The fourth-order valence-corrected chi connectivity index (χ4v) is 1.38. The van der Waals surface area contributed by atoms with E-state index in [9.17, 15) is 8.42 Å². The molecule has 0 aliphatic heterocycles. The van der Waals surface area contributed by atoms with E-state index in [0.717, 1.165) is 0 Å². The second-order valence-electron chi connectivity index (χ2n) is 2.08. The number of halogens is 1. The lowest BCUT2D eigenvalue weighted by atomic mass is 10.3. The Bertz CT molecular complexity index is 352. The van der Waals surface area contributed by atoms with E-state index in [0.29, 0.717) is 10.8 Å². The third-order valence-electron chi connectivity index (χ3n) is 1.35.